The van der Waals surface area contributed by atoms with Crippen molar-refractivity contribution in [3.05, 3.63) is 0 Å². The Balaban J connectivity index is 3.16. The minimum atomic E-state index is 0.207. The smallest absolute Gasteiger partial charge is 0.220 e. The highest BCUT2D eigenvalue weighted by Gasteiger charge is 2.02. The Morgan fingerprint density at radius 2 is 1.63 bits per heavy atom. The zero-order valence-corrected chi connectivity index (χ0v) is 13.3. The highest BCUT2D eigenvalue weighted by atomic mass is 16.5. The zero-order chi connectivity index (χ0) is 14.5. The third kappa shape index (κ3) is 15.4. The molecule has 114 valence electrons. The number of hydrogen-bond acceptors (Lipinski definition) is 2. The number of hydrogen-bond donors (Lipinski definition) is 1. The second kappa shape index (κ2) is 12.5. The van der Waals surface area contributed by atoms with Gasteiger partial charge in [0.15, 0.2) is 0 Å². The summed E-state index contributed by atoms with van der Waals surface area (Å²) in [4.78, 5) is 11.5. The van der Waals surface area contributed by atoms with Crippen LogP contribution in [0.4, 0.5) is 0 Å². The lowest BCUT2D eigenvalue weighted by Crippen LogP contribution is -2.24. The lowest BCUT2D eigenvalue weighted by molar-refractivity contribution is -0.121. The van der Waals surface area contributed by atoms with Crippen LogP contribution in [-0.4, -0.2) is 25.2 Å². The molecule has 0 unspecified atom stereocenters. The van der Waals surface area contributed by atoms with Gasteiger partial charge in [-0.15, -0.1) is 0 Å². The molecular formula is C16H33NO2. The molecule has 0 saturated heterocycles. The van der Waals surface area contributed by atoms with Gasteiger partial charge in [0.2, 0.25) is 5.91 Å². The minimum absolute atomic E-state index is 0.207. The molecule has 3 nitrogen and oxygen atoms in total. The summed E-state index contributed by atoms with van der Waals surface area (Å²) in [5.41, 5.74) is 0. The van der Waals surface area contributed by atoms with Crippen LogP contribution in [0.1, 0.15) is 72.6 Å². The Morgan fingerprint density at radius 1 is 1.00 bits per heavy atom. The summed E-state index contributed by atoms with van der Waals surface area (Å²) < 4.78 is 5.49. The van der Waals surface area contributed by atoms with E-state index in [0.29, 0.717) is 18.4 Å². The zero-order valence-electron chi connectivity index (χ0n) is 13.3. The van der Waals surface area contributed by atoms with Gasteiger partial charge < -0.3 is 10.1 Å². The van der Waals surface area contributed by atoms with E-state index in [1.54, 1.807) is 0 Å². The summed E-state index contributed by atoms with van der Waals surface area (Å²) in [5, 5.41) is 2.99. The van der Waals surface area contributed by atoms with E-state index in [1.165, 1.54) is 19.3 Å². The SMILES string of the molecule is CC(C)CCC(=O)NCCCCCCCOC(C)C. The summed E-state index contributed by atoms with van der Waals surface area (Å²) in [6.45, 7) is 10.2. The lowest BCUT2D eigenvalue weighted by atomic mass is 10.1. The van der Waals surface area contributed by atoms with Crippen molar-refractivity contribution in [3.63, 3.8) is 0 Å². The van der Waals surface area contributed by atoms with Crippen molar-refractivity contribution in [2.45, 2.75) is 78.7 Å². The standard InChI is InChI=1S/C16H33NO2/c1-14(2)10-11-16(18)17-12-8-6-5-7-9-13-19-15(3)4/h14-15H,5-13H2,1-4H3,(H,17,18). The number of carbonyl (C=O) groups is 1. The molecule has 1 amide bonds. The van der Waals surface area contributed by atoms with Crippen LogP contribution in [0.5, 0.6) is 0 Å². The molecule has 0 aliphatic heterocycles. The topological polar surface area (TPSA) is 38.3 Å². The van der Waals surface area contributed by atoms with Gasteiger partial charge in [0.25, 0.3) is 0 Å². The Bertz CT molecular complexity index is 215. The third-order valence-corrected chi connectivity index (χ3v) is 3.04. The molecule has 19 heavy (non-hydrogen) atoms. The van der Waals surface area contributed by atoms with Crippen LogP contribution in [0.15, 0.2) is 0 Å². The summed E-state index contributed by atoms with van der Waals surface area (Å²) >= 11 is 0. The van der Waals surface area contributed by atoms with Gasteiger partial charge in [-0.1, -0.05) is 33.1 Å². The van der Waals surface area contributed by atoms with Gasteiger partial charge in [0.05, 0.1) is 6.10 Å². The van der Waals surface area contributed by atoms with Gasteiger partial charge in [-0.2, -0.15) is 0 Å². The van der Waals surface area contributed by atoms with Crippen molar-refractivity contribution >= 4 is 5.91 Å². The second-order valence-electron chi connectivity index (χ2n) is 5.97. The predicted octanol–water partition coefficient (Wildman–Crippen LogP) is 3.91. The maximum absolute atomic E-state index is 11.5. The van der Waals surface area contributed by atoms with Crippen LogP contribution in [0.2, 0.25) is 0 Å². The Labute approximate surface area is 119 Å². The molecule has 0 aromatic heterocycles. The number of rotatable bonds is 12. The number of amides is 1. The fourth-order valence-electron chi connectivity index (χ4n) is 1.81. The van der Waals surface area contributed by atoms with Crippen LogP contribution < -0.4 is 5.32 Å². The maximum atomic E-state index is 11.5. The van der Waals surface area contributed by atoms with E-state index in [2.05, 4.69) is 33.0 Å². The highest BCUT2D eigenvalue weighted by molar-refractivity contribution is 5.75. The number of nitrogens with one attached hydrogen (secondary N) is 1. The Morgan fingerprint density at radius 3 is 2.26 bits per heavy atom. The molecule has 0 fully saturated rings. The highest BCUT2D eigenvalue weighted by Crippen LogP contribution is 2.05. The molecule has 0 rings (SSSR count). The molecule has 0 saturated carbocycles. The molecule has 0 spiro atoms. The third-order valence-electron chi connectivity index (χ3n) is 3.04. The number of ether oxygens (including phenoxy) is 1. The van der Waals surface area contributed by atoms with E-state index in [1.807, 2.05) is 0 Å². The van der Waals surface area contributed by atoms with E-state index in [4.69, 9.17) is 4.74 Å². The largest absolute Gasteiger partial charge is 0.379 e. The van der Waals surface area contributed by atoms with Crippen LogP contribution >= 0.6 is 0 Å². The van der Waals surface area contributed by atoms with Gasteiger partial charge in [0.1, 0.15) is 0 Å². The fraction of sp³-hybridized carbons (Fsp3) is 0.938. The van der Waals surface area contributed by atoms with Gasteiger partial charge in [-0.3, -0.25) is 4.79 Å². The summed E-state index contributed by atoms with van der Waals surface area (Å²) in [6, 6.07) is 0. The van der Waals surface area contributed by atoms with E-state index in [9.17, 15) is 4.79 Å². The quantitative estimate of drug-likeness (QED) is 0.546. The van der Waals surface area contributed by atoms with Gasteiger partial charge >= 0.3 is 0 Å². The minimum Gasteiger partial charge on any atom is -0.379 e. The molecule has 0 radical (unpaired) electrons. The second-order valence-corrected chi connectivity index (χ2v) is 5.97. The molecule has 0 aromatic rings. The van der Waals surface area contributed by atoms with Crippen molar-refractivity contribution in [3.8, 4) is 0 Å². The first kappa shape index (κ1) is 18.4. The Kier molecular flexibility index (Phi) is 12.1. The first-order valence-electron chi connectivity index (χ1n) is 7.90. The monoisotopic (exact) mass is 271 g/mol. The Hall–Kier alpha value is -0.570. The van der Waals surface area contributed by atoms with E-state index >= 15 is 0 Å². The van der Waals surface area contributed by atoms with Gasteiger partial charge in [-0.25, -0.2) is 0 Å². The first-order chi connectivity index (χ1) is 9.02. The van der Waals surface area contributed by atoms with Crippen LogP contribution in [-0.2, 0) is 9.53 Å². The molecule has 0 heterocycles. The molecule has 1 N–H and O–H groups in total. The fourth-order valence-corrected chi connectivity index (χ4v) is 1.81. The van der Waals surface area contributed by atoms with Gasteiger partial charge in [-0.05, 0) is 39.0 Å². The number of unbranched alkanes of at least 4 members (excludes halogenated alkanes) is 4. The van der Waals surface area contributed by atoms with Crippen molar-refractivity contribution in [1.82, 2.24) is 5.32 Å². The van der Waals surface area contributed by atoms with Gasteiger partial charge in [0, 0.05) is 19.6 Å². The van der Waals surface area contributed by atoms with Crippen LogP contribution in [0.25, 0.3) is 0 Å². The van der Waals surface area contributed by atoms with Crippen LogP contribution in [0.3, 0.4) is 0 Å². The van der Waals surface area contributed by atoms with E-state index in [-0.39, 0.29) is 5.91 Å². The summed E-state index contributed by atoms with van der Waals surface area (Å²) in [5.74, 6) is 0.817. The molecule has 0 bridgehead atoms. The normalized spacial score (nSPS) is 11.3. The van der Waals surface area contributed by atoms with E-state index < -0.39 is 0 Å². The molecule has 3 heteroatoms. The molecule has 0 aliphatic carbocycles. The first-order valence-corrected chi connectivity index (χ1v) is 7.90. The van der Waals surface area contributed by atoms with Crippen molar-refractivity contribution in [2.75, 3.05) is 13.2 Å². The lowest BCUT2D eigenvalue weighted by Gasteiger charge is -2.08. The average molecular weight is 271 g/mol. The molecular weight excluding hydrogens is 238 g/mol. The van der Waals surface area contributed by atoms with Crippen molar-refractivity contribution in [2.24, 2.45) is 5.92 Å². The molecule has 0 atom stereocenters. The van der Waals surface area contributed by atoms with E-state index in [0.717, 1.165) is 32.4 Å². The molecule has 0 aromatic carbocycles. The van der Waals surface area contributed by atoms with Crippen molar-refractivity contribution < 1.29 is 9.53 Å². The predicted molar refractivity (Wildman–Crippen MR) is 81.3 cm³/mol. The van der Waals surface area contributed by atoms with Crippen molar-refractivity contribution in [1.29, 1.82) is 0 Å². The maximum Gasteiger partial charge on any atom is 0.220 e. The average Bonchev–Trinajstić information content (AvgIpc) is 2.34. The number of carbonyl (C=O) groups excluding carboxylic acids is 1. The summed E-state index contributed by atoms with van der Waals surface area (Å²) in [6.07, 6.45) is 7.92. The molecule has 0 aliphatic rings. The summed E-state index contributed by atoms with van der Waals surface area (Å²) in [7, 11) is 0. The van der Waals surface area contributed by atoms with Crippen LogP contribution in [0, 0.1) is 5.92 Å².